The third-order valence-electron chi connectivity index (χ3n) is 4.03. The van der Waals surface area contributed by atoms with Gasteiger partial charge in [0.05, 0.1) is 18.7 Å². The molecule has 2 aromatic carbocycles. The lowest BCUT2D eigenvalue weighted by atomic mass is 10.1. The normalized spacial score (nSPS) is 12.3. The van der Waals surface area contributed by atoms with Crippen LogP contribution in [0.15, 0.2) is 72.0 Å². The third kappa shape index (κ3) is 6.93. The Labute approximate surface area is 193 Å². The molecule has 0 saturated carbocycles. The van der Waals surface area contributed by atoms with Gasteiger partial charge in [0.15, 0.2) is 5.96 Å². The number of benzene rings is 2. The summed E-state index contributed by atoms with van der Waals surface area (Å²) in [5, 5.41) is 8.15. The van der Waals surface area contributed by atoms with Crippen LogP contribution in [0.4, 0.5) is 5.69 Å². The van der Waals surface area contributed by atoms with Gasteiger partial charge in [-0.1, -0.05) is 23.7 Å². The molecule has 0 aliphatic heterocycles. The van der Waals surface area contributed by atoms with E-state index in [4.69, 9.17) is 22.1 Å². The first-order chi connectivity index (χ1) is 13.5. The summed E-state index contributed by atoms with van der Waals surface area (Å²) in [6.07, 6.45) is 3.79. The van der Waals surface area contributed by atoms with Gasteiger partial charge in [-0.25, -0.2) is 0 Å². The fraction of sp³-hybridized carbons (Fsp3) is 0.238. The number of anilines is 1. The van der Waals surface area contributed by atoms with Crippen molar-refractivity contribution in [3.8, 4) is 5.75 Å². The van der Waals surface area contributed by atoms with E-state index in [2.05, 4.69) is 15.4 Å². The van der Waals surface area contributed by atoms with Gasteiger partial charge in [0.25, 0.3) is 0 Å². The number of aromatic nitrogens is 2. The first kappa shape index (κ1) is 23.0. The molecule has 8 heteroatoms. The second-order valence-corrected chi connectivity index (χ2v) is 7.03. The molecule has 1 aromatic heterocycles. The van der Waals surface area contributed by atoms with E-state index in [9.17, 15) is 0 Å². The maximum atomic E-state index is 6.09. The van der Waals surface area contributed by atoms with Crippen LogP contribution < -0.4 is 15.8 Å². The Morgan fingerprint density at radius 3 is 2.45 bits per heavy atom. The second-order valence-electron chi connectivity index (χ2n) is 6.60. The van der Waals surface area contributed by atoms with Gasteiger partial charge in [0.2, 0.25) is 0 Å². The number of nitrogens with zero attached hydrogens (tertiary/aromatic N) is 3. The van der Waals surface area contributed by atoms with Gasteiger partial charge in [-0.3, -0.25) is 9.67 Å². The summed E-state index contributed by atoms with van der Waals surface area (Å²) in [7, 11) is 0. The van der Waals surface area contributed by atoms with Crippen molar-refractivity contribution in [1.82, 2.24) is 9.78 Å². The molecule has 3 N–H and O–H groups in total. The molecule has 1 heterocycles. The van der Waals surface area contributed by atoms with Crippen LogP contribution in [-0.2, 0) is 0 Å². The maximum Gasteiger partial charge on any atom is 0.193 e. The molecule has 0 spiro atoms. The molecule has 29 heavy (non-hydrogen) atoms. The lowest BCUT2D eigenvalue weighted by Gasteiger charge is -2.17. The molecule has 0 bridgehead atoms. The van der Waals surface area contributed by atoms with Crippen molar-refractivity contribution >= 4 is 47.2 Å². The van der Waals surface area contributed by atoms with Crippen molar-refractivity contribution in [3.05, 3.63) is 77.6 Å². The molecule has 0 saturated heterocycles. The molecular weight excluding hydrogens is 501 g/mol. The Morgan fingerprint density at radius 1 is 1.17 bits per heavy atom. The lowest BCUT2D eigenvalue weighted by molar-refractivity contribution is 0.242. The van der Waals surface area contributed by atoms with E-state index in [-0.39, 0.29) is 36.1 Å². The number of rotatable bonds is 7. The van der Waals surface area contributed by atoms with E-state index in [1.807, 2.05) is 79.3 Å². The highest BCUT2D eigenvalue weighted by Crippen LogP contribution is 2.21. The van der Waals surface area contributed by atoms with E-state index in [0.717, 1.165) is 17.0 Å². The highest BCUT2D eigenvalue weighted by molar-refractivity contribution is 14.0. The van der Waals surface area contributed by atoms with Crippen LogP contribution in [0, 0.1) is 0 Å². The minimum Gasteiger partial charge on any atom is -0.491 e. The second kappa shape index (κ2) is 11.1. The summed E-state index contributed by atoms with van der Waals surface area (Å²) in [5.74, 6) is 1.15. The number of hydrogen-bond donors (Lipinski definition) is 2. The number of ether oxygens (including phenoxy) is 1. The quantitative estimate of drug-likeness (QED) is 0.260. The maximum absolute atomic E-state index is 6.09. The summed E-state index contributed by atoms with van der Waals surface area (Å²) in [5.41, 5.74) is 7.99. The summed E-state index contributed by atoms with van der Waals surface area (Å²) in [6, 6.07) is 17.1. The van der Waals surface area contributed by atoms with Crippen molar-refractivity contribution in [3.63, 3.8) is 0 Å². The van der Waals surface area contributed by atoms with Crippen molar-refractivity contribution in [2.45, 2.75) is 26.0 Å². The molecule has 0 radical (unpaired) electrons. The standard InChI is InChI=1S/C21H24ClN5O.HI/c1-15(2)28-19-10-8-18(9-11-19)26-21(23)24-14-20(27-13-3-12-25-27)16-4-6-17(22)7-5-16;/h3-13,15,20H,14H2,1-2H3,(H3,23,24,26);1H. The Bertz CT molecular complexity index is 896. The van der Waals surface area contributed by atoms with E-state index in [1.165, 1.54) is 0 Å². The minimum absolute atomic E-state index is 0. The predicted molar refractivity (Wildman–Crippen MR) is 130 cm³/mol. The van der Waals surface area contributed by atoms with Gasteiger partial charge >= 0.3 is 0 Å². The van der Waals surface area contributed by atoms with E-state index >= 15 is 0 Å². The Balaban J connectivity index is 0.00000300. The van der Waals surface area contributed by atoms with Crippen LogP contribution in [0.2, 0.25) is 5.02 Å². The first-order valence-corrected chi connectivity index (χ1v) is 9.47. The van der Waals surface area contributed by atoms with Crippen LogP contribution in [0.25, 0.3) is 0 Å². The zero-order valence-corrected chi connectivity index (χ0v) is 19.4. The monoisotopic (exact) mass is 525 g/mol. The van der Waals surface area contributed by atoms with Crippen LogP contribution >= 0.6 is 35.6 Å². The fourth-order valence-corrected chi connectivity index (χ4v) is 2.88. The predicted octanol–water partition coefficient (Wildman–Crippen LogP) is 4.96. The van der Waals surface area contributed by atoms with Crippen LogP contribution in [0.5, 0.6) is 5.75 Å². The molecule has 1 atom stereocenters. The zero-order valence-electron chi connectivity index (χ0n) is 16.3. The van der Waals surface area contributed by atoms with Gasteiger partial charge in [0.1, 0.15) is 5.75 Å². The number of aliphatic imine (C=N–C) groups is 1. The molecule has 6 nitrogen and oxygen atoms in total. The van der Waals surface area contributed by atoms with Gasteiger partial charge < -0.3 is 15.8 Å². The Morgan fingerprint density at radius 2 is 1.86 bits per heavy atom. The summed E-state index contributed by atoms with van der Waals surface area (Å²) in [4.78, 5) is 4.50. The lowest BCUT2D eigenvalue weighted by Crippen LogP contribution is -2.25. The average molecular weight is 526 g/mol. The number of nitrogens with two attached hydrogens (primary N) is 1. The number of hydrogen-bond acceptors (Lipinski definition) is 3. The van der Waals surface area contributed by atoms with Gasteiger partial charge in [-0.2, -0.15) is 5.10 Å². The van der Waals surface area contributed by atoms with E-state index in [1.54, 1.807) is 6.20 Å². The largest absolute Gasteiger partial charge is 0.491 e. The molecule has 0 aliphatic rings. The Kier molecular flexibility index (Phi) is 8.78. The zero-order chi connectivity index (χ0) is 19.9. The van der Waals surface area contributed by atoms with Gasteiger partial charge in [0, 0.05) is 23.1 Å². The number of halogens is 2. The van der Waals surface area contributed by atoms with Crippen molar-refractivity contribution < 1.29 is 4.74 Å². The molecule has 3 rings (SSSR count). The van der Waals surface area contributed by atoms with Crippen LogP contribution in [0.1, 0.15) is 25.5 Å². The number of nitrogens with one attached hydrogen (secondary N) is 1. The van der Waals surface area contributed by atoms with Crippen molar-refractivity contribution in [2.75, 3.05) is 11.9 Å². The number of guanidine groups is 1. The van der Waals surface area contributed by atoms with Crippen molar-refractivity contribution in [1.29, 1.82) is 0 Å². The van der Waals surface area contributed by atoms with Crippen LogP contribution in [-0.4, -0.2) is 28.4 Å². The third-order valence-corrected chi connectivity index (χ3v) is 4.28. The molecule has 0 aliphatic carbocycles. The fourth-order valence-electron chi connectivity index (χ4n) is 2.75. The molecule has 0 fully saturated rings. The first-order valence-electron chi connectivity index (χ1n) is 9.09. The van der Waals surface area contributed by atoms with Gasteiger partial charge in [-0.15, -0.1) is 24.0 Å². The average Bonchev–Trinajstić information content (AvgIpc) is 3.19. The summed E-state index contributed by atoms with van der Waals surface area (Å²) in [6.45, 7) is 4.43. The van der Waals surface area contributed by atoms with Crippen LogP contribution in [0.3, 0.4) is 0 Å². The smallest absolute Gasteiger partial charge is 0.193 e. The SMILES string of the molecule is CC(C)Oc1ccc(NC(N)=NCC(c2ccc(Cl)cc2)n2cccn2)cc1.I. The molecule has 3 aromatic rings. The van der Waals surface area contributed by atoms with E-state index < -0.39 is 0 Å². The topological polar surface area (TPSA) is 77.5 Å². The highest BCUT2D eigenvalue weighted by Gasteiger charge is 2.14. The summed E-state index contributed by atoms with van der Waals surface area (Å²) >= 11 is 6.01. The van der Waals surface area contributed by atoms with Crippen molar-refractivity contribution in [2.24, 2.45) is 10.7 Å². The summed E-state index contributed by atoms with van der Waals surface area (Å²) < 4.78 is 7.50. The Hall–Kier alpha value is -2.26. The van der Waals surface area contributed by atoms with Gasteiger partial charge in [-0.05, 0) is 61.9 Å². The molecule has 0 amide bonds. The molecule has 154 valence electrons. The molecular formula is C21H25ClIN5O. The molecule has 1 unspecified atom stereocenters. The highest BCUT2D eigenvalue weighted by atomic mass is 127. The minimum atomic E-state index is -0.0746. The van der Waals surface area contributed by atoms with E-state index in [0.29, 0.717) is 17.5 Å².